The molecule has 0 saturated heterocycles. The average molecular weight is 482 g/mol. The number of anilines is 1. The molecule has 168 valence electrons. The highest BCUT2D eigenvalue weighted by Gasteiger charge is 2.40. The summed E-state index contributed by atoms with van der Waals surface area (Å²) in [6.07, 6.45) is -3.72. The number of nitrogens with one attached hydrogen (secondary N) is 1. The summed E-state index contributed by atoms with van der Waals surface area (Å²) in [6, 6.07) is 2.67. The van der Waals surface area contributed by atoms with Crippen LogP contribution in [0.25, 0.3) is 5.65 Å². The minimum atomic E-state index is -4.98. The summed E-state index contributed by atoms with van der Waals surface area (Å²) in [6.45, 7) is -0.210. The normalized spacial score (nSPS) is 12.1. The van der Waals surface area contributed by atoms with E-state index in [9.17, 15) is 21.6 Å². The molecule has 0 saturated carbocycles. The van der Waals surface area contributed by atoms with Crippen LogP contribution in [-0.4, -0.2) is 54.7 Å². The summed E-state index contributed by atoms with van der Waals surface area (Å²) < 4.78 is 84.7. The standard InChI is InChI=1S/C16H15ClF3N5O5S/c1-28-11-8-21-15(29-2)25-13(11)22-14(23-25)24-31(26,27)12-9(16(18,19)20)4-3-5-10(12)30-7-6-17/h3-5,8H,6-7H2,1-2H3,(H,23,24). The number of methoxy groups -OCH3 is 2. The van der Waals surface area contributed by atoms with Gasteiger partial charge < -0.3 is 14.2 Å². The van der Waals surface area contributed by atoms with Crippen LogP contribution in [0.15, 0.2) is 29.3 Å². The number of rotatable bonds is 8. The summed E-state index contributed by atoms with van der Waals surface area (Å²) in [5.74, 6) is -1.00. The van der Waals surface area contributed by atoms with E-state index >= 15 is 0 Å². The minimum Gasteiger partial charge on any atom is -0.491 e. The van der Waals surface area contributed by atoms with Crippen molar-refractivity contribution in [3.8, 4) is 17.5 Å². The van der Waals surface area contributed by atoms with Gasteiger partial charge >= 0.3 is 12.2 Å². The predicted octanol–water partition coefficient (Wildman–Crippen LogP) is 2.58. The topological polar surface area (TPSA) is 117 Å². The molecule has 0 aliphatic carbocycles. The molecular formula is C16H15ClF3N5O5S. The molecule has 0 aliphatic heterocycles. The third-order valence-electron chi connectivity index (χ3n) is 3.82. The smallest absolute Gasteiger partial charge is 0.417 e. The number of alkyl halides is 4. The van der Waals surface area contributed by atoms with Gasteiger partial charge in [-0.1, -0.05) is 6.07 Å². The highest BCUT2D eigenvalue weighted by molar-refractivity contribution is 7.92. The number of sulfonamides is 1. The molecule has 0 atom stereocenters. The molecule has 0 bridgehead atoms. The van der Waals surface area contributed by atoms with Gasteiger partial charge in [0.2, 0.25) is 5.65 Å². The Morgan fingerprint density at radius 1 is 1.19 bits per heavy atom. The van der Waals surface area contributed by atoms with Crippen LogP contribution in [0.1, 0.15) is 5.56 Å². The lowest BCUT2D eigenvalue weighted by Gasteiger charge is -2.17. The van der Waals surface area contributed by atoms with Gasteiger partial charge in [-0.15, -0.1) is 16.7 Å². The van der Waals surface area contributed by atoms with Crippen LogP contribution in [0.4, 0.5) is 19.1 Å². The van der Waals surface area contributed by atoms with E-state index in [1.54, 1.807) is 0 Å². The zero-order valence-electron chi connectivity index (χ0n) is 16.0. The largest absolute Gasteiger partial charge is 0.491 e. The van der Waals surface area contributed by atoms with Crippen molar-refractivity contribution in [3.05, 3.63) is 30.0 Å². The van der Waals surface area contributed by atoms with Gasteiger partial charge in [-0.3, -0.25) is 0 Å². The Balaban J connectivity index is 2.13. The number of halogens is 4. The Hall–Kier alpha value is -3.00. The average Bonchev–Trinajstić information content (AvgIpc) is 3.13. The number of fused-ring (bicyclic) bond motifs is 1. The van der Waals surface area contributed by atoms with E-state index in [-0.39, 0.29) is 29.9 Å². The summed E-state index contributed by atoms with van der Waals surface area (Å²) in [5, 5.41) is 3.89. The molecule has 15 heteroatoms. The molecule has 0 radical (unpaired) electrons. The molecular weight excluding hydrogens is 467 g/mol. The van der Waals surface area contributed by atoms with E-state index in [0.29, 0.717) is 6.07 Å². The lowest BCUT2D eigenvalue weighted by molar-refractivity contribution is -0.140. The zero-order valence-corrected chi connectivity index (χ0v) is 17.5. The molecule has 2 heterocycles. The van der Waals surface area contributed by atoms with E-state index in [2.05, 4.69) is 15.1 Å². The maximum Gasteiger partial charge on any atom is 0.417 e. The van der Waals surface area contributed by atoms with Crippen molar-refractivity contribution in [2.45, 2.75) is 11.1 Å². The quantitative estimate of drug-likeness (QED) is 0.488. The summed E-state index contributed by atoms with van der Waals surface area (Å²) >= 11 is 5.52. The summed E-state index contributed by atoms with van der Waals surface area (Å²) in [7, 11) is -2.24. The van der Waals surface area contributed by atoms with E-state index in [0.717, 1.165) is 16.6 Å². The molecule has 3 aromatic rings. The van der Waals surface area contributed by atoms with Crippen LogP contribution in [0.3, 0.4) is 0 Å². The fraction of sp³-hybridized carbons (Fsp3) is 0.312. The van der Waals surface area contributed by atoms with E-state index < -0.39 is 38.4 Å². The predicted molar refractivity (Wildman–Crippen MR) is 102 cm³/mol. The van der Waals surface area contributed by atoms with Gasteiger partial charge in [0.1, 0.15) is 17.3 Å². The highest BCUT2D eigenvalue weighted by atomic mass is 35.5. The summed E-state index contributed by atoms with van der Waals surface area (Å²) in [4.78, 5) is 6.75. The van der Waals surface area contributed by atoms with Crippen LogP contribution < -0.4 is 18.9 Å². The van der Waals surface area contributed by atoms with Crippen molar-refractivity contribution in [1.29, 1.82) is 0 Å². The monoisotopic (exact) mass is 481 g/mol. The Bertz CT molecular complexity index is 1160. The molecule has 1 N–H and O–H groups in total. The van der Waals surface area contributed by atoms with Crippen LogP contribution in [0.5, 0.6) is 17.5 Å². The first-order chi connectivity index (χ1) is 14.6. The van der Waals surface area contributed by atoms with Gasteiger partial charge in [-0.2, -0.15) is 27.7 Å². The number of hydrogen-bond acceptors (Lipinski definition) is 8. The van der Waals surface area contributed by atoms with Crippen LogP contribution >= 0.6 is 11.6 Å². The van der Waals surface area contributed by atoms with Gasteiger partial charge in [-0.05, 0) is 12.1 Å². The Morgan fingerprint density at radius 3 is 2.55 bits per heavy atom. The van der Waals surface area contributed by atoms with Crippen molar-refractivity contribution < 1.29 is 35.8 Å². The molecule has 0 amide bonds. The first kappa shape index (κ1) is 22.7. The second-order valence-corrected chi connectivity index (χ2v) is 7.75. The lowest BCUT2D eigenvalue weighted by Crippen LogP contribution is -2.21. The molecule has 0 unspecified atom stereocenters. The van der Waals surface area contributed by atoms with Crippen molar-refractivity contribution in [2.24, 2.45) is 0 Å². The van der Waals surface area contributed by atoms with Gasteiger partial charge in [0.05, 0.1) is 31.9 Å². The van der Waals surface area contributed by atoms with E-state index in [1.165, 1.54) is 20.4 Å². The first-order valence-electron chi connectivity index (χ1n) is 8.38. The summed E-state index contributed by atoms with van der Waals surface area (Å²) in [5.41, 5.74) is -1.40. The van der Waals surface area contributed by atoms with Crippen molar-refractivity contribution in [2.75, 3.05) is 31.4 Å². The number of aromatic nitrogens is 4. The third-order valence-corrected chi connectivity index (χ3v) is 5.38. The van der Waals surface area contributed by atoms with Gasteiger partial charge in [0.25, 0.3) is 16.0 Å². The SMILES string of the molecule is COc1cnc(OC)n2nc(NS(=O)(=O)c3c(OCCCl)cccc3C(F)(F)F)nc12. The maximum absolute atomic E-state index is 13.5. The molecule has 0 fully saturated rings. The number of benzene rings is 1. The second-order valence-electron chi connectivity index (χ2n) is 5.76. The molecule has 1 aromatic carbocycles. The maximum atomic E-state index is 13.5. The second kappa shape index (κ2) is 8.63. The zero-order chi connectivity index (χ0) is 22.8. The van der Waals surface area contributed by atoms with E-state index in [4.69, 9.17) is 25.8 Å². The number of nitrogens with zero attached hydrogens (tertiary/aromatic N) is 4. The van der Waals surface area contributed by atoms with Crippen molar-refractivity contribution in [3.63, 3.8) is 0 Å². The molecule has 2 aromatic heterocycles. The molecule has 0 spiro atoms. The van der Waals surface area contributed by atoms with Gasteiger partial charge in [0, 0.05) is 0 Å². The third kappa shape index (κ3) is 4.54. The molecule has 0 aliphatic rings. The lowest BCUT2D eigenvalue weighted by atomic mass is 10.2. The van der Waals surface area contributed by atoms with Crippen molar-refractivity contribution in [1.82, 2.24) is 19.6 Å². The minimum absolute atomic E-state index is 0.0229. The fourth-order valence-electron chi connectivity index (χ4n) is 2.61. The van der Waals surface area contributed by atoms with Crippen LogP contribution in [0, 0.1) is 0 Å². The number of ether oxygens (including phenoxy) is 3. The number of hydrogen-bond donors (Lipinski definition) is 1. The van der Waals surface area contributed by atoms with Crippen LogP contribution in [-0.2, 0) is 16.2 Å². The highest BCUT2D eigenvalue weighted by Crippen LogP contribution is 2.39. The fourth-order valence-corrected chi connectivity index (χ4v) is 3.98. The molecule has 3 rings (SSSR count). The van der Waals surface area contributed by atoms with Crippen LogP contribution in [0.2, 0.25) is 0 Å². The van der Waals surface area contributed by atoms with E-state index in [1.807, 2.05) is 4.72 Å². The Morgan fingerprint density at radius 2 is 1.94 bits per heavy atom. The molecule has 10 nitrogen and oxygen atoms in total. The van der Waals surface area contributed by atoms with Gasteiger partial charge in [0.15, 0.2) is 5.75 Å². The Kier molecular flexibility index (Phi) is 6.31. The molecule has 31 heavy (non-hydrogen) atoms. The first-order valence-corrected chi connectivity index (χ1v) is 10.4. The Labute approximate surface area is 179 Å². The van der Waals surface area contributed by atoms with Gasteiger partial charge in [-0.25, -0.2) is 13.1 Å². The van der Waals surface area contributed by atoms with Crippen molar-refractivity contribution >= 4 is 33.2 Å².